The molecule has 0 amide bonds. The molecule has 0 unspecified atom stereocenters. The second kappa shape index (κ2) is 10.2. The number of aromatic amines is 1. The van der Waals surface area contributed by atoms with Gasteiger partial charge in [-0.05, 0) is 49.7 Å². The predicted octanol–water partition coefficient (Wildman–Crippen LogP) is 3.87. The van der Waals surface area contributed by atoms with E-state index in [2.05, 4.69) is 45.3 Å². The van der Waals surface area contributed by atoms with Gasteiger partial charge in [0.1, 0.15) is 0 Å². The fourth-order valence-electron chi connectivity index (χ4n) is 4.75. The number of nitriles is 1. The Kier molecular flexibility index (Phi) is 6.90. The quantitative estimate of drug-likeness (QED) is 0.295. The van der Waals surface area contributed by atoms with Gasteiger partial charge in [0.15, 0.2) is 12.4 Å². The molecule has 4 heterocycles. The summed E-state index contributed by atoms with van der Waals surface area (Å²) in [6.45, 7) is 3.65. The summed E-state index contributed by atoms with van der Waals surface area (Å²) in [5.41, 5.74) is 4.79. The van der Waals surface area contributed by atoms with Gasteiger partial charge in [0, 0.05) is 29.5 Å². The minimum Gasteiger partial charge on any atom is -0.748 e. The lowest BCUT2D eigenvalue weighted by molar-refractivity contribution is -0.375. The summed E-state index contributed by atoms with van der Waals surface area (Å²) in [4.78, 5) is 25.8. The summed E-state index contributed by atoms with van der Waals surface area (Å²) >= 11 is 0. The number of imidazole rings is 1. The molecule has 10 nitrogen and oxygen atoms in total. The minimum atomic E-state index is -3.92. The molecule has 0 aliphatic rings. The van der Waals surface area contributed by atoms with Crippen LogP contribution in [0.5, 0.6) is 0 Å². The van der Waals surface area contributed by atoms with Crippen molar-refractivity contribution in [3.63, 3.8) is 0 Å². The first kappa shape index (κ1) is 27.6. The number of nitrogens with zero attached hydrogens (tertiary/aromatic N) is 5. The largest absolute Gasteiger partial charge is 0.748 e. The molecule has 0 radical (unpaired) electrons. The molecule has 206 valence electrons. The summed E-state index contributed by atoms with van der Waals surface area (Å²) < 4.78 is 30.5. The molecule has 6 rings (SSSR count). The number of benzene rings is 2. The molecule has 4 aromatic heterocycles. The predicted molar refractivity (Wildman–Crippen MR) is 155 cm³/mol. The van der Waals surface area contributed by atoms with Gasteiger partial charge in [-0.15, -0.1) is 0 Å². The number of aryl methyl sites for hydroxylation is 1. The minimum absolute atomic E-state index is 0.183. The fourth-order valence-corrected chi connectivity index (χ4v) is 4.75. The second-order valence-electron chi connectivity index (χ2n) is 10.2. The van der Waals surface area contributed by atoms with Crippen LogP contribution in [0.2, 0.25) is 0 Å². The van der Waals surface area contributed by atoms with E-state index in [0.29, 0.717) is 17.6 Å². The van der Waals surface area contributed by atoms with Gasteiger partial charge in [0.05, 0.1) is 67.5 Å². The Labute approximate surface area is 235 Å². The molecule has 0 saturated heterocycles. The van der Waals surface area contributed by atoms with Crippen molar-refractivity contribution in [1.82, 2.24) is 19.1 Å². The van der Waals surface area contributed by atoms with Gasteiger partial charge < -0.3 is 4.55 Å². The average molecular weight is 567 g/mol. The Morgan fingerprint density at radius 2 is 1.73 bits per heavy atom. The Morgan fingerprint density at radius 1 is 1.00 bits per heavy atom. The highest BCUT2D eigenvalue weighted by Gasteiger charge is 2.22. The Hall–Kier alpha value is -4.92. The lowest BCUT2D eigenvalue weighted by Gasteiger charge is -2.15. The third-order valence-corrected chi connectivity index (χ3v) is 6.84. The van der Waals surface area contributed by atoms with Crippen LogP contribution in [-0.2, 0) is 22.6 Å². The van der Waals surface area contributed by atoms with Crippen LogP contribution in [0.15, 0.2) is 84.2 Å². The topological polar surface area (TPSA) is 148 Å². The molecule has 0 aliphatic carbocycles. The molecular formula is C30H26N6O4S. The van der Waals surface area contributed by atoms with Gasteiger partial charge in [0.25, 0.3) is 0 Å². The zero-order valence-electron chi connectivity index (χ0n) is 22.8. The smallest absolute Gasteiger partial charge is 0.333 e. The van der Waals surface area contributed by atoms with E-state index in [1.165, 1.54) is 0 Å². The number of fused-ring (bicyclic) bond motifs is 4. The highest BCUT2D eigenvalue weighted by Crippen LogP contribution is 2.32. The number of aromatic nitrogens is 5. The summed E-state index contributed by atoms with van der Waals surface area (Å²) in [5.74, 6) is 0. The van der Waals surface area contributed by atoms with E-state index < -0.39 is 15.5 Å². The number of hydrogen-bond acceptors (Lipinski definition) is 7. The molecule has 11 heteroatoms. The third kappa shape index (κ3) is 5.30. The van der Waals surface area contributed by atoms with E-state index >= 15 is 0 Å². The molecule has 0 atom stereocenters. The van der Waals surface area contributed by atoms with Gasteiger partial charge in [-0.2, -0.15) is 5.26 Å². The Bertz CT molecular complexity index is 2150. The van der Waals surface area contributed by atoms with Gasteiger partial charge >= 0.3 is 5.69 Å². The monoisotopic (exact) mass is 566 g/mol. The molecule has 6 aromatic rings. The maximum absolute atomic E-state index is 13.4. The SMILES string of the molecule is CS(=O)(=O)[O-].Cn1c(=O)n(-c2ccc(C(C)(C)C#N)nc2)c2c3cc(-c4c[nH+]cc5ccccc45)ccc3ncc21. The molecule has 2 aromatic carbocycles. The van der Waals surface area contributed by atoms with Crippen LogP contribution >= 0.6 is 0 Å². The first-order chi connectivity index (χ1) is 19.4. The van der Waals surface area contributed by atoms with Crippen LogP contribution in [0, 0.1) is 11.3 Å². The van der Waals surface area contributed by atoms with Gasteiger partial charge in [-0.25, -0.2) is 18.2 Å². The van der Waals surface area contributed by atoms with Crippen molar-refractivity contribution in [2.45, 2.75) is 19.3 Å². The van der Waals surface area contributed by atoms with Gasteiger partial charge in [-0.1, -0.05) is 24.3 Å². The van der Waals surface area contributed by atoms with Crippen LogP contribution in [0.25, 0.3) is 49.5 Å². The zero-order chi connectivity index (χ0) is 29.5. The van der Waals surface area contributed by atoms with Crippen molar-refractivity contribution in [3.05, 3.63) is 95.6 Å². The van der Waals surface area contributed by atoms with Crippen molar-refractivity contribution in [2.75, 3.05) is 6.26 Å². The maximum Gasteiger partial charge on any atom is 0.333 e. The van der Waals surface area contributed by atoms with E-state index in [-0.39, 0.29) is 5.69 Å². The number of hydrogen-bond donors (Lipinski definition) is 0. The molecule has 41 heavy (non-hydrogen) atoms. The summed E-state index contributed by atoms with van der Waals surface area (Å²) in [5, 5.41) is 12.6. The van der Waals surface area contributed by atoms with Crippen LogP contribution in [0.1, 0.15) is 19.5 Å². The molecule has 0 spiro atoms. The van der Waals surface area contributed by atoms with Crippen LogP contribution in [-0.4, -0.2) is 38.3 Å². The molecule has 0 bridgehead atoms. The number of pyridine rings is 3. The number of rotatable bonds is 3. The zero-order valence-corrected chi connectivity index (χ0v) is 23.6. The Balaban J connectivity index is 0.000000623. The van der Waals surface area contributed by atoms with Crippen molar-refractivity contribution in [2.24, 2.45) is 7.05 Å². The third-order valence-electron chi connectivity index (χ3n) is 6.84. The van der Waals surface area contributed by atoms with E-state index in [0.717, 1.165) is 43.8 Å². The van der Waals surface area contributed by atoms with Crippen LogP contribution in [0.4, 0.5) is 0 Å². The first-order valence-electron chi connectivity index (χ1n) is 12.6. The molecular weight excluding hydrogens is 540 g/mol. The molecule has 0 aliphatic heterocycles. The van der Waals surface area contributed by atoms with Crippen molar-refractivity contribution < 1.29 is 18.0 Å². The fraction of sp³-hybridized carbons (Fsp3) is 0.167. The molecule has 0 fully saturated rings. The van der Waals surface area contributed by atoms with E-state index in [9.17, 15) is 10.1 Å². The molecule has 0 saturated carbocycles. The molecule has 1 N–H and O–H groups in total. The second-order valence-corrected chi connectivity index (χ2v) is 11.6. The van der Waals surface area contributed by atoms with E-state index in [1.54, 1.807) is 28.6 Å². The van der Waals surface area contributed by atoms with Crippen molar-refractivity contribution in [1.29, 1.82) is 5.26 Å². The van der Waals surface area contributed by atoms with Crippen molar-refractivity contribution >= 4 is 42.8 Å². The van der Waals surface area contributed by atoms with E-state index in [4.69, 9.17) is 13.0 Å². The van der Waals surface area contributed by atoms with Crippen LogP contribution in [0.3, 0.4) is 0 Å². The lowest BCUT2D eigenvalue weighted by atomic mass is 9.91. The highest BCUT2D eigenvalue weighted by atomic mass is 32.2. The highest BCUT2D eigenvalue weighted by molar-refractivity contribution is 7.84. The van der Waals surface area contributed by atoms with Crippen LogP contribution < -0.4 is 10.7 Å². The van der Waals surface area contributed by atoms with Gasteiger partial charge in [0.2, 0.25) is 0 Å². The first-order valence-corrected chi connectivity index (χ1v) is 14.4. The summed E-state index contributed by atoms with van der Waals surface area (Å²) in [6, 6.07) is 20.3. The number of nitrogens with one attached hydrogen (secondary N) is 1. The van der Waals surface area contributed by atoms with E-state index in [1.807, 2.05) is 56.6 Å². The van der Waals surface area contributed by atoms with Crippen molar-refractivity contribution in [3.8, 4) is 22.9 Å². The Morgan fingerprint density at radius 3 is 2.41 bits per heavy atom. The normalized spacial score (nSPS) is 11.8. The lowest BCUT2D eigenvalue weighted by Crippen LogP contribution is -2.21. The maximum atomic E-state index is 13.4. The summed E-state index contributed by atoms with van der Waals surface area (Å²) in [7, 11) is -2.17. The standard InChI is InChI=1S/C29H22N6O.CH4O3S/c1-29(2,17-30)26-11-9-20(14-33-26)35-27-22-12-18(23-15-31-13-19-6-4-5-7-21(19)23)8-10-24(22)32-16-25(27)34(3)28(35)36;1-5(2,3)4/h4-16H,1-3H3;1H3,(H,2,3,4). The number of H-pyrrole nitrogens is 1. The van der Waals surface area contributed by atoms with Gasteiger partial charge in [-0.3, -0.25) is 19.1 Å². The summed E-state index contributed by atoms with van der Waals surface area (Å²) in [6.07, 6.45) is 7.98. The average Bonchev–Trinajstić information content (AvgIpc) is 3.21.